The Balaban J connectivity index is 2.05. The summed E-state index contributed by atoms with van der Waals surface area (Å²) in [6.07, 6.45) is 0. The number of benzene rings is 2. The number of rotatable bonds is 9. The van der Waals surface area contributed by atoms with Crippen LogP contribution in [0.2, 0.25) is 0 Å². The second kappa shape index (κ2) is 10.2. The molecule has 10 nitrogen and oxygen atoms in total. The van der Waals surface area contributed by atoms with Crippen LogP contribution >= 0.6 is 0 Å². The lowest BCUT2D eigenvalue weighted by Gasteiger charge is -2.16. The molecule has 3 rings (SSSR count). The van der Waals surface area contributed by atoms with Crippen molar-refractivity contribution in [2.45, 2.75) is 45.2 Å². The molecule has 0 bridgehead atoms. The van der Waals surface area contributed by atoms with Crippen molar-refractivity contribution in [3.05, 3.63) is 65.1 Å². The summed E-state index contributed by atoms with van der Waals surface area (Å²) in [5.74, 6) is -2.50. The summed E-state index contributed by atoms with van der Waals surface area (Å²) in [6.45, 7) is 6.80. The van der Waals surface area contributed by atoms with Crippen LogP contribution in [0.15, 0.2) is 47.4 Å². The highest BCUT2D eigenvalue weighted by Gasteiger charge is 2.26. The van der Waals surface area contributed by atoms with E-state index in [2.05, 4.69) is 15.1 Å². The summed E-state index contributed by atoms with van der Waals surface area (Å²) in [5, 5.41) is 15.9. The normalized spacial score (nSPS) is 11.5. The lowest BCUT2D eigenvalue weighted by Crippen LogP contribution is -2.30. The second-order valence-electron chi connectivity index (χ2n) is 7.90. The Labute approximate surface area is 201 Å². The Hall–Kier alpha value is -3.77. The van der Waals surface area contributed by atoms with Gasteiger partial charge < -0.3 is 15.2 Å². The number of aryl methyl sites for hydroxylation is 1. The van der Waals surface area contributed by atoms with E-state index >= 15 is 0 Å². The predicted molar refractivity (Wildman–Crippen MR) is 126 cm³/mol. The summed E-state index contributed by atoms with van der Waals surface area (Å²) in [7, 11) is -4.11. The van der Waals surface area contributed by atoms with Crippen LogP contribution in [-0.2, 0) is 16.6 Å². The number of anilines is 1. The summed E-state index contributed by atoms with van der Waals surface area (Å²) in [5.41, 5.74) is 0.190. The third-order valence-electron chi connectivity index (χ3n) is 4.81. The third kappa shape index (κ3) is 5.84. The van der Waals surface area contributed by atoms with Gasteiger partial charge in [-0.1, -0.05) is 6.07 Å². The zero-order valence-electron chi connectivity index (χ0n) is 19.5. The van der Waals surface area contributed by atoms with Crippen LogP contribution in [0.4, 0.5) is 10.1 Å². The van der Waals surface area contributed by atoms with Crippen molar-refractivity contribution >= 4 is 27.6 Å². The molecule has 0 saturated heterocycles. The van der Waals surface area contributed by atoms with Gasteiger partial charge in [-0.05, 0) is 64.1 Å². The van der Waals surface area contributed by atoms with Crippen LogP contribution in [-0.4, -0.2) is 41.2 Å². The first-order valence-corrected chi connectivity index (χ1v) is 12.1. The predicted octanol–water partition coefficient (Wildman–Crippen LogP) is 3.78. The number of carboxylic acid groups (broad SMARTS) is 1. The standard InChI is InChI=1S/C23H25FN4O6S/c1-5-28-22(14(4)20(26-28)23(30)31)34-18-10-9-17(12-19(18)35(32,33)27-13(2)3)25-21(29)15-7-6-8-16(24)11-15/h6-13,27H,5H2,1-4H3,(H,25,29)(H,30,31). The fourth-order valence-corrected chi connectivity index (χ4v) is 4.68. The first-order chi connectivity index (χ1) is 16.4. The van der Waals surface area contributed by atoms with Crippen LogP contribution < -0.4 is 14.8 Å². The van der Waals surface area contributed by atoms with Gasteiger partial charge in [-0.15, -0.1) is 0 Å². The molecule has 0 aliphatic heterocycles. The van der Waals surface area contributed by atoms with E-state index in [1.807, 2.05) is 0 Å². The summed E-state index contributed by atoms with van der Waals surface area (Å²) >= 11 is 0. The quantitative estimate of drug-likeness (QED) is 0.403. The first kappa shape index (κ1) is 25.8. The molecule has 0 fully saturated rings. The maximum atomic E-state index is 13.5. The number of carbonyl (C=O) groups excluding carboxylic acids is 1. The molecule has 1 heterocycles. The highest BCUT2D eigenvalue weighted by molar-refractivity contribution is 7.89. The van der Waals surface area contributed by atoms with Gasteiger partial charge in [0.25, 0.3) is 5.91 Å². The maximum Gasteiger partial charge on any atom is 0.356 e. The number of nitrogens with zero attached hydrogens (tertiary/aromatic N) is 2. The van der Waals surface area contributed by atoms with Gasteiger partial charge in [-0.3, -0.25) is 4.79 Å². The number of carboxylic acids is 1. The molecule has 0 radical (unpaired) electrons. The lowest BCUT2D eigenvalue weighted by atomic mass is 10.2. The Morgan fingerprint density at radius 3 is 2.51 bits per heavy atom. The molecule has 1 amide bonds. The number of aromatic nitrogens is 2. The molecule has 0 atom stereocenters. The lowest BCUT2D eigenvalue weighted by molar-refractivity contribution is 0.0688. The minimum Gasteiger partial charge on any atom is -0.476 e. The molecule has 2 aromatic carbocycles. The van der Waals surface area contributed by atoms with Crippen molar-refractivity contribution in [2.24, 2.45) is 0 Å². The van der Waals surface area contributed by atoms with Gasteiger partial charge in [0.05, 0.1) is 0 Å². The summed E-state index contributed by atoms with van der Waals surface area (Å²) < 4.78 is 49.3. The van der Waals surface area contributed by atoms with Gasteiger partial charge in [0.15, 0.2) is 5.69 Å². The third-order valence-corrected chi connectivity index (χ3v) is 6.49. The summed E-state index contributed by atoms with van der Waals surface area (Å²) in [4.78, 5) is 23.7. The van der Waals surface area contributed by atoms with Crippen molar-refractivity contribution < 1.29 is 32.2 Å². The molecule has 0 saturated carbocycles. The van der Waals surface area contributed by atoms with Gasteiger partial charge in [0.2, 0.25) is 15.9 Å². The number of nitrogens with one attached hydrogen (secondary N) is 2. The van der Waals surface area contributed by atoms with Gasteiger partial charge in [-0.25, -0.2) is 27.0 Å². The van der Waals surface area contributed by atoms with E-state index in [0.29, 0.717) is 0 Å². The number of ether oxygens (including phenoxy) is 1. The van der Waals surface area contributed by atoms with Crippen molar-refractivity contribution in [1.29, 1.82) is 0 Å². The van der Waals surface area contributed by atoms with E-state index in [1.165, 1.54) is 48.0 Å². The second-order valence-corrected chi connectivity index (χ2v) is 9.59. The molecule has 186 valence electrons. The van der Waals surface area contributed by atoms with Crippen LogP contribution in [0.1, 0.15) is 47.2 Å². The van der Waals surface area contributed by atoms with Crippen LogP contribution in [0.5, 0.6) is 11.6 Å². The molecule has 12 heteroatoms. The van der Waals surface area contributed by atoms with E-state index in [9.17, 15) is 27.5 Å². The molecule has 0 aliphatic rings. The fourth-order valence-electron chi connectivity index (χ4n) is 3.27. The molecule has 35 heavy (non-hydrogen) atoms. The molecule has 3 aromatic rings. The van der Waals surface area contributed by atoms with E-state index < -0.39 is 33.8 Å². The highest BCUT2D eigenvalue weighted by atomic mass is 32.2. The van der Waals surface area contributed by atoms with Crippen molar-refractivity contribution in [3.63, 3.8) is 0 Å². The zero-order chi connectivity index (χ0) is 25.9. The van der Waals surface area contributed by atoms with Crippen molar-refractivity contribution in [1.82, 2.24) is 14.5 Å². The van der Waals surface area contributed by atoms with Gasteiger partial charge in [0.1, 0.15) is 16.5 Å². The Bertz CT molecular complexity index is 1380. The topological polar surface area (TPSA) is 140 Å². The van der Waals surface area contributed by atoms with Crippen LogP contribution in [0.3, 0.4) is 0 Å². The fraction of sp³-hybridized carbons (Fsp3) is 0.261. The molecule has 0 unspecified atom stereocenters. The largest absolute Gasteiger partial charge is 0.476 e. The molecule has 1 aromatic heterocycles. The average molecular weight is 505 g/mol. The number of hydrogen-bond acceptors (Lipinski definition) is 6. The van der Waals surface area contributed by atoms with E-state index in [-0.39, 0.29) is 45.6 Å². The van der Waals surface area contributed by atoms with Crippen molar-refractivity contribution in [3.8, 4) is 11.6 Å². The van der Waals surface area contributed by atoms with Gasteiger partial charge in [0, 0.05) is 29.4 Å². The van der Waals surface area contributed by atoms with E-state index in [0.717, 1.165) is 6.07 Å². The van der Waals surface area contributed by atoms with Gasteiger partial charge in [-0.2, -0.15) is 5.10 Å². The Kier molecular flexibility index (Phi) is 7.56. The zero-order valence-corrected chi connectivity index (χ0v) is 20.3. The number of amides is 1. The number of aromatic carboxylic acids is 1. The summed E-state index contributed by atoms with van der Waals surface area (Å²) in [6, 6.07) is 8.57. The molecule has 0 spiro atoms. The number of halogens is 1. The Morgan fingerprint density at radius 2 is 1.91 bits per heavy atom. The minimum absolute atomic E-state index is 0.0544. The van der Waals surface area contributed by atoms with Crippen LogP contribution in [0.25, 0.3) is 0 Å². The number of carbonyl (C=O) groups is 2. The highest BCUT2D eigenvalue weighted by Crippen LogP contribution is 2.34. The molecule has 3 N–H and O–H groups in total. The number of sulfonamides is 1. The van der Waals surface area contributed by atoms with Crippen molar-refractivity contribution in [2.75, 3.05) is 5.32 Å². The minimum atomic E-state index is -4.11. The molecule has 0 aliphatic carbocycles. The smallest absolute Gasteiger partial charge is 0.356 e. The van der Waals surface area contributed by atoms with Crippen LogP contribution in [0, 0.1) is 12.7 Å². The Morgan fingerprint density at radius 1 is 1.20 bits per heavy atom. The number of hydrogen-bond donors (Lipinski definition) is 3. The monoisotopic (exact) mass is 504 g/mol. The maximum absolute atomic E-state index is 13.5. The SMILES string of the molecule is CCn1nc(C(=O)O)c(C)c1Oc1ccc(NC(=O)c2cccc(F)c2)cc1S(=O)(=O)NC(C)C. The van der Waals surface area contributed by atoms with E-state index in [1.54, 1.807) is 20.8 Å². The van der Waals surface area contributed by atoms with E-state index in [4.69, 9.17) is 4.74 Å². The first-order valence-electron chi connectivity index (χ1n) is 10.6. The molecular weight excluding hydrogens is 479 g/mol. The van der Waals surface area contributed by atoms with Gasteiger partial charge >= 0.3 is 5.97 Å². The average Bonchev–Trinajstić information content (AvgIpc) is 3.09. The molecular formula is C23H25FN4O6S.